The van der Waals surface area contributed by atoms with Crippen molar-refractivity contribution in [2.24, 2.45) is 0 Å². The van der Waals surface area contributed by atoms with Crippen molar-refractivity contribution in [2.45, 2.75) is 30.8 Å². The molecule has 6 nitrogen and oxygen atoms in total. The minimum absolute atomic E-state index is 0.0666. The van der Waals surface area contributed by atoms with Crippen molar-refractivity contribution in [2.75, 3.05) is 13.7 Å². The van der Waals surface area contributed by atoms with Gasteiger partial charge in [-0.2, -0.15) is 8.42 Å². The number of esters is 1. The van der Waals surface area contributed by atoms with Crippen molar-refractivity contribution >= 4 is 39.0 Å². The van der Waals surface area contributed by atoms with Gasteiger partial charge in [-0.3, -0.25) is 9.45 Å². The normalized spacial score (nSPS) is 14.6. The van der Waals surface area contributed by atoms with Crippen LogP contribution in [0.25, 0.3) is 0 Å². The van der Waals surface area contributed by atoms with Gasteiger partial charge in [0.05, 0.1) is 12.0 Å². The van der Waals surface area contributed by atoms with E-state index in [0.29, 0.717) is 5.02 Å². The molecule has 0 unspecified atom stereocenters. The van der Waals surface area contributed by atoms with Gasteiger partial charge in [0, 0.05) is 23.0 Å². The molecular formula is C23H24ClNO5S2. The van der Waals surface area contributed by atoms with E-state index in [4.69, 9.17) is 20.9 Å². The van der Waals surface area contributed by atoms with Crippen LogP contribution in [0.2, 0.25) is 5.02 Å². The highest BCUT2D eigenvalue weighted by atomic mass is 35.5. The second kappa shape index (κ2) is 10.6. The fourth-order valence-electron chi connectivity index (χ4n) is 3.48. The zero-order valence-corrected chi connectivity index (χ0v) is 20.1. The molecule has 1 aromatic heterocycles. The van der Waals surface area contributed by atoms with E-state index < -0.39 is 16.2 Å². The highest BCUT2D eigenvalue weighted by molar-refractivity contribution is 7.85. The molecule has 1 N–H and O–H groups in total. The molecule has 1 aliphatic rings. The standard InChI is InChI=1S/C16H16ClNO2S.C7H8O3S/c1-20-16(19)15(12-4-2-3-5-13(12)17)18-8-6-14-11(10-18)7-9-21-14;1-6-2-4-7(5-3-6)11(8,9)10/h2-5,7,9,15H,6,8,10H2,1H3;2-5H,1H3,(H,8,9,10)/t15-;/m0./s1. The Morgan fingerprint density at radius 1 is 1.16 bits per heavy atom. The zero-order chi connectivity index (χ0) is 23.3. The predicted molar refractivity (Wildman–Crippen MR) is 126 cm³/mol. The number of rotatable bonds is 4. The molecule has 4 rings (SSSR count). The Balaban J connectivity index is 0.000000222. The van der Waals surface area contributed by atoms with Gasteiger partial charge in [0.1, 0.15) is 6.04 Å². The molecule has 1 atom stereocenters. The summed E-state index contributed by atoms with van der Waals surface area (Å²) in [6.07, 6.45) is 0.963. The molecule has 1 aliphatic heterocycles. The Bertz CT molecular complexity index is 1180. The largest absolute Gasteiger partial charge is 0.468 e. The van der Waals surface area contributed by atoms with Crippen molar-refractivity contribution in [1.29, 1.82) is 0 Å². The van der Waals surface area contributed by atoms with E-state index in [1.54, 1.807) is 23.5 Å². The summed E-state index contributed by atoms with van der Waals surface area (Å²) in [5, 5.41) is 2.71. The van der Waals surface area contributed by atoms with E-state index in [2.05, 4.69) is 16.3 Å². The Kier molecular flexibility index (Phi) is 8.08. The molecule has 2 heterocycles. The van der Waals surface area contributed by atoms with Crippen molar-refractivity contribution in [3.05, 3.63) is 86.6 Å². The van der Waals surface area contributed by atoms with Gasteiger partial charge in [-0.05, 0) is 54.1 Å². The molecule has 9 heteroatoms. The van der Waals surface area contributed by atoms with Crippen LogP contribution in [0.4, 0.5) is 0 Å². The number of methoxy groups -OCH3 is 1. The molecule has 0 radical (unpaired) electrons. The van der Waals surface area contributed by atoms with E-state index in [1.807, 2.05) is 31.2 Å². The lowest BCUT2D eigenvalue weighted by Gasteiger charge is -2.33. The van der Waals surface area contributed by atoms with Gasteiger partial charge in [0.2, 0.25) is 0 Å². The highest BCUT2D eigenvalue weighted by Gasteiger charge is 2.32. The number of halogens is 1. The molecule has 0 aliphatic carbocycles. The molecule has 32 heavy (non-hydrogen) atoms. The first-order valence-electron chi connectivity index (χ1n) is 9.86. The minimum atomic E-state index is -4.02. The Labute approximate surface area is 197 Å². The van der Waals surface area contributed by atoms with Gasteiger partial charge in [0.15, 0.2) is 0 Å². The highest BCUT2D eigenvalue weighted by Crippen LogP contribution is 2.33. The van der Waals surface area contributed by atoms with E-state index in [9.17, 15) is 13.2 Å². The third-order valence-corrected chi connectivity index (χ3v) is 7.38. The maximum absolute atomic E-state index is 12.3. The minimum Gasteiger partial charge on any atom is -0.468 e. The van der Waals surface area contributed by atoms with Gasteiger partial charge >= 0.3 is 5.97 Å². The molecule has 0 fully saturated rings. The molecule has 0 spiro atoms. The van der Waals surface area contributed by atoms with Crippen LogP contribution < -0.4 is 0 Å². The lowest BCUT2D eigenvalue weighted by molar-refractivity contribution is -0.147. The second-order valence-electron chi connectivity index (χ2n) is 7.32. The van der Waals surface area contributed by atoms with Crippen LogP contribution in [0.5, 0.6) is 0 Å². The monoisotopic (exact) mass is 493 g/mol. The van der Waals surface area contributed by atoms with Crippen molar-refractivity contribution in [1.82, 2.24) is 4.90 Å². The van der Waals surface area contributed by atoms with Gasteiger partial charge in [0.25, 0.3) is 10.1 Å². The second-order valence-corrected chi connectivity index (χ2v) is 10.2. The van der Waals surface area contributed by atoms with Crippen molar-refractivity contribution in [3.63, 3.8) is 0 Å². The molecule has 0 saturated heterocycles. The molecular weight excluding hydrogens is 470 g/mol. The van der Waals surface area contributed by atoms with Crippen molar-refractivity contribution in [3.8, 4) is 0 Å². The summed E-state index contributed by atoms with van der Waals surface area (Å²) in [5.41, 5.74) is 3.06. The van der Waals surface area contributed by atoms with Crippen LogP contribution in [0.3, 0.4) is 0 Å². The summed E-state index contributed by atoms with van der Waals surface area (Å²) in [6, 6.07) is 15.1. The van der Waals surface area contributed by atoms with E-state index in [1.165, 1.54) is 29.7 Å². The SMILES string of the molecule is COC(=O)[C@H](c1ccccc1Cl)N1CCc2sccc2C1.Cc1ccc(S(=O)(=O)O)cc1. The lowest BCUT2D eigenvalue weighted by atomic mass is 10.0. The third-order valence-electron chi connectivity index (χ3n) is 5.15. The average molecular weight is 494 g/mol. The third kappa shape index (κ3) is 5.96. The van der Waals surface area contributed by atoms with Crippen LogP contribution in [-0.4, -0.2) is 37.5 Å². The van der Waals surface area contributed by atoms with Crippen LogP contribution in [0, 0.1) is 6.92 Å². The first-order valence-corrected chi connectivity index (χ1v) is 12.6. The van der Waals surface area contributed by atoms with E-state index in [0.717, 1.165) is 30.6 Å². The van der Waals surface area contributed by atoms with Crippen LogP contribution >= 0.6 is 22.9 Å². The molecule has 0 bridgehead atoms. The molecule has 2 aromatic carbocycles. The summed E-state index contributed by atoms with van der Waals surface area (Å²) >= 11 is 8.07. The number of hydrogen-bond acceptors (Lipinski definition) is 6. The molecule has 170 valence electrons. The summed E-state index contributed by atoms with van der Waals surface area (Å²) in [5.74, 6) is -0.262. The smallest absolute Gasteiger partial charge is 0.327 e. The van der Waals surface area contributed by atoms with E-state index in [-0.39, 0.29) is 10.9 Å². The number of hydrogen-bond donors (Lipinski definition) is 1. The van der Waals surface area contributed by atoms with E-state index >= 15 is 0 Å². The first-order chi connectivity index (χ1) is 15.2. The maximum Gasteiger partial charge on any atom is 0.327 e. The Hall–Kier alpha value is -2.23. The summed E-state index contributed by atoms with van der Waals surface area (Å²) in [4.78, 5) is 15.8. The fraction of sp³-hybridized carbons (Fsp3) is 0.261. The summed E-state index contributed by atoms with van der Waals surface area (Å²) in [6.45, 7) is 3.43. The Morgan fingerprint density at radius 3 is 2.47 bits per heavy atom. The quantitative estimate of drug-likeness (QED) is 0.410. The maximum atomic E-state index is 12.3. The molecule has 3 aromatic rings. The average Bonchev–Trinajstić information content (AvgIpc) is 3.23. The number of carbonyl (C=O) groups is 1. The number of nitrogens with zero attached hydrogens (tertiary/aromatic N) is 1. The first kappa shape index (κ1) is 24.4. The predicted octanol–water partition coefficient (Wildman–Crippen LogP) is 4.92. The summed E-state index contributed by atoms with van der Waals surface area (Å²) in [7, 11) is -2.60. The zero-order valence-electron chi connectivity index (χ0n) is 17.7. The molecule has 0 saturated carbocycles. The van der Waals surface area contributed by atoms with Crippen LogP contribution in [-0.2, 0) is 32.6 Å². The van der Waals surface area contributed by atoms with Gasteiger partial charge in [-0.1, -0.05) is 47.5 Å². The van der Waals surface area contributed by atoms with Gasteiger partial charge in [-0.15, -0.1) is 11.3 Å². The van der Waals surface area contributed by atoms with Crippen LogP contribution in [0.15, 0.2) is 64.9 Å². The Morgan fingerprint density at radius 2 is 1.84 bits per heavy atom. The lowest BCUT2D eigenvalue weighted by Crippen LogP contribution is -2.38. The van der Waals surface area contributed by atoms with Crippen molar-refractivity contribution < 1.29 is 22.5 Å². The topological polar surface area (TPSA) is 83.9 Å². The number of fused-ring (bicyclic) bond motifs is 1. The fourth-order valence-corrected chi connectivity index (χ4v) is 5.09. The summed E-state index contributed by atoms with van der Waals surface area (Å²) < 4.78 is 34.6. The number of ether oxygens (including phenoxy) is 1. The number of benzene rings is 2. The number of thiophene rings is 1. The molecule has 0 amide bonds. The number of aryl methyl sites for hydroxylation is 1. The van der Waals surface area contributed by atoms with Crippen LogP contribution in [0.1, 0.15) is 27.6 Å². The van der Waals surface area contributed by atoms with Gasteiger partial charge in [-0.25, -0.2) is 4.79 Å². The number of carbonyl (C=O) groups excluding carboxylic acids is 1. The van der Waals surface area contributed by atoms with Gasteiger partial charge < -0.3 is 4.74 Å².